The average molecular weight is 1030 g/mol. The lowest BCUT2D eigenvalue weighted by molar-refractivity contribution is -0.136. The number of carbonyl (C=O) groups excluding carboxylic acids is 6. The summed E-state index contributed by atoms with van der Waals surface area (Å²) < 4.78 is 3.55. The molecular weight excluding hydrogens is 969 g/mol. The van der Waals surface area contributed by atoms with Crippen LogP contribution in [-0.4, -0.2) is 126 Å². The van der Waals surface area contributed by atoms with Gasteiger partial charge in [0.25, 0.3) is 23.3 Å². The number of primary amides is 1. The largest absolute Gasteiger partial charge is 0.392 e. The summed E-state index contributed by atoms with van der Waals surface area (Å²) in [5.74, 6) is -2.53. The van der Waals surface area contributed by atoms with Crippen LogP contribution < -0.4 is 36.6 Å². The Bertz CT molecular complexity index is 3380. The van der Waals surface area contributed by atoms with Gasteiger partial charge in [-0.05, 0) is 105 Å². The van der Waals surface area contributed by atoms with Crippen LogP contribution >= 0.6 is 0 Å². The highest BCUT2D eigenvalue weighted by molar-refractivity contribution is 6.25. The predicted molar refractivity (Wildman–Crippen MR) is 285 cm³/mol. The van der Waals surface area contributed by atoms with Gasteiger partial charge in [0.2, 0.25) is 17.7 Å². The fraction of sp³-hybridized carbons (Fsp3) is 0.411. The molecule has 6 aliphatic rings. The van der Waals surface area contributed by atoms with Crippen LogP contribution in [0.25, 0.3) is 17.3 Å². The molecule has 6 amide bonds. The minimum atomic E-state index is -1.04. The molecule has 3 aromatic heterocycles. The Kier molecular flexibility index (Phi) is 12.8. The first kappa shape index (κ1) is 50.2. The summed E-state index contributed by atoms with van der Waals surface area (Å²) in [5, 5.41) is 16.4. The van der Waals surface area contributed by atoms with Crippen molar-refractivity contribution in [2.75, 3.05) is 52.7 Å². The average Bonchev–Trinajstić information content (AvgIpc) is 3.98. The van der Waals surface area contributed by atoms with E-state index in [1.807, 2.05) is 30.3 Å². The normalized spacial score (nSPS) is 22.6. The lowest BCUT2D eigenvalue weighted by Crippen LogP contribution is -2.58. The highest BCUT2D eigenvalue weighted by Crippen LogP contribution is 2.42. The van der Waals surface area contributed by atoms with E-state index in [9.17, 15) is 38.7 Å². The lowest BCUT2D eigenvalue weighted by atomic mass is 9.90. The zero-order valence-electron chi connectivity index (χ0n) is 43.3. The summed E-state index contributed by atoms with van der Waals surface area (Å²) in [5.41, 5.74) is 13.1. The van der Waals surface area contributed by atoms with Gasteiger partial charge in [0.15, 0.2) is 5.82 Å². The van der Waals surface area contributed by atoms with Crippen molar-refractivity contribution in [3.8, 4) is 11.3 Å². The molecule has 5 N–H and O–H groups in total. The molecule has 76 heavy (non-hydrogen) atoms. The molecule has 2 unspecified atom stereocenters. The maximum atomic E-state index is 14.1. The molecule has 3 fully saturated rings. The van der Waals surface area contributed by atoms with Crippen molar-refractivity contribution in [2.24, 2.45) is 18.2 Å². The Balaban J connectivity index is 0.787. The van der Waals surface area contributed by atoms with Gasteiger partial charge in [-0.1, -0.05) is 19.9 Å². The van der Waals surface area contributed by atoms with Crippen molar-refractivity contribution < 1.29 is 33.9 Å². The number of nitrogens with one attached hydrogen (secondary N) is 2. The number of benzene rings is 2. The topological polar surface area (TPSA) is 242 Å². The van der Waals surface area contributed by atoms with Crippen molar-refractivity contribution >= 4 is 70.2 Å². The first-order valence-electron chi connectivity index (χ1n) is 26.1. The zero-order chi connectivity index (χ0) is 53.5. The van der Waals surface area contributed by atoms with Crippen LogP contribution in [0.3, 0.4) is 0 Å². The first-order chi connectivity index (χ1) is 36.4. The van der Waals surface area contributed by atoms with E-state index in [-0.39, 0.29) is 53.7 Å². The number of anilines is 5. The molecule has 20 heteroatoms. The molecule has 2 aromatic carbocycles. The molecular formula is C56H62N12O8. The molecule has 20 nitrogen and oxygen atoms in total. The van der Waals surface area contributed by atoms with Gasteiger partial charge in [0.05, 0.1) is 29.1 Å². The molecule has 4 atom stereocenters. The number of rotatable bonds is 11. The number of hydrogen-bond donors (Lipinski definition) is 4. The lowest BCUT2D eigenvalue weighted by Gasteiger charge is -2.48. The monoisotopic (exact) mass is 1030 g/mol. The fourth-order valence-electron chi connectivity index (χ4n) is 12.6. The molecule has 0 saturated carbocycles. The van der Waals surface area contributed by atoms with Crippen molar-refractivity contribution in [2.45, 2.75) is 104 Å². The molecule has 5 aliphatic heterocycles. The summed E-state index contributed by atoms with van der Waals surface area (Å²) in [4.78, 5) is 111. The second-order valence-corrected chi connectivity index (χ2v) is 21.9. The number of nitrogens with zero attached hydrogens (tertiary/aromatic N) is 9. The summed E-state index contributed by atoms with van der Waals surface area (Å²) in [6.45, 7) is 12.2. The van der Waals surface area contributed by atoms with Gasteiger partial charge in [-0.25, -0.2) is 9.97 Å². The third-order valence-electron chi connectivity index (χ3n) is 16.2. The number of hydrogen-bond acceptors (Lipinski definition) is 14. The number of piperazine rings is 1. The van der Waals surface area contributed by atoms with E-state index >= 15 is 0 Å². The Labute approximate surface area is 439 Å². The molecule has 0 bridgehead atoms. The van der Waals surface area contributed by atoms with Crippen LogP contribution in [-0.2, 0) is 47.4 Å². The van der Waals surface area contributed by atoms with Crippen molar-refractivity contribution in [1.82, 2.24) is 34.2 Å². The van der Waals surface area contributed by atoms with Crippen molar-refractivity contribution in [1.29, 1.82) is 0 Å². The van der Waals surface area contributed by atoms with Gasteiger partial charge in [0, 0.05) is 123 Å². The zero-order valence-corrected chi connectivity index (χ0v) is 43.3. The summed E-state index contributed by atoms with van der Waals surface area (Å²) in [6, 6.07) is 13.9. The SMILES string of the molecule is C[C@H]1CN(C2CCN(c3cccc4c3C(=O)N(C3CCC(=O)NC3=O)C4=O)[C@@H](C)C2)CCN1c1ccc(Nc2nc(-c3ccnc(N4CCn5c(cc6c5CC(C)(C)C6)C4=O)c3CO)cn(C)c2=O)cc1C=CC(N)=O. The Morgan fingerprint density at radius 3 is 2.45 bits per heavy atom. The van der Waals surface area contributed by atoms with E-state index in [1.165, 1.54) is 21.9 Å². The van der Waals surface area contributed by atoms with E-state index in [0.717, 1.165) is 49.4 Å². The molecule has 0 radical (unpaired) electrons. The molecule has 1 aliphatic carbocycles. The Morgan fingerprint density at radius 2 is 1.70 bits per heavy atom. The number of aromatic nitrogens is 4. The Morgan fingerprint density at radius 1 is 0.895 bits per heavy atom. The van der Waals surface area contributed by atoms with Crippen molar-refractivity contribution in [3.63, 3.8) is 0 Å². The fourth-order valence-corrected chi connectivity index (χ4v) is 12.6. The molecule has 394 valence electrons. The van der Waals surface area contributed by atoms with Crippen LogP contribution in [0.4, 0.5) is 28.7 Å². The van der Waals surface area contributed by atoms with Crippen LogP contribution in [0.15, 0.2) is 71.8 Å². The third-order valence-corrected chi connectivity index (χ3v) is 16.2. The van der Waals surface area contributed by atoms with E-state index in [1.54, 1.807) is 48.6 Å². The number of aliphatic hydroxyl groups excluding tert-OH is 1. The highest BCUT2D eigenvalue weighted by atomic mass is 16.3. The van der Waals surface area contributed by atoms with Crippen LogP contribution in [0.5, 0.6) is 0 Å². The van der Waals surface area contributed by atoms with E-state index in [0.29, 0.717) is 77.0 Å². The number of carbonyl (C=O) groups is 6. The minimum Gasteiger partial charge on any atom is -0.392 e. The first-order valence-corrected chi connectivity index (χ1v) is 26.1. The van der Waals surface area contributed by atoms with Gasteiger partial charge in [-0.15, -0.1) is 0 Å². The minimum absolute atomic E-state index is 0.0240. The number of aryl methyl sites for hydroxylation is 1. The van der Waals surface area contributed by atoms with E-state index in [2.05, 4.69) is 62.6 Å². The summed E-state index contributed by atoms with van der Waals surface area (Å²) in [7, 11) is 1.62. The number of imide groups is 2. The maximum absolute atomic E-state index is 14.1. The smallest absolute Gasteiger partial charge is 0.293 e. The summed E-state index contributed by atoms with van der Waals surface area (Å²) in [6.07, 6.45) is 9.75. The second-order valence-electron chi connectivity index (χ2n) is 21.9. The van der Waals surface area contributed by atoms with Gasteiger partial charge in [-0.3, -0.25) is 53.6 Å². The number of nitrogens with two attached hydrogens (primary N) is 1. The van der Waals surface area contributed by atoms with Crippen LogP contribution in [0.2, 0.25) is 0 Å². The third kappa shape index (κ3) is 8.81. The maximum Gasteiger partial charge on any atom is 0.293 e. The number of piperidine rings is 2. The standard InChI is InChI=1S/C56H62N12O8/c1-31-23-36(16-18-64(31)42-8-6-7-38-48(42)54(75)68(52(38)73)43-12-14-47(71)61-51(43)72)63-19-20-65(32(2)28-63)41-11-10-35(24-33(41)9-13-46(57)70)59-49-55(76)62(5)29-40(60-49)37-15-17-58-50(39(37)30-69)67-22-21-66-44(53(67)74)25-34-26-56(3,4)27-45(34)66/h6-11,13,15,17,24-25,29,31-32,36,43,69H,12,14,16,18-23,26-28,30H2,1-5H3,(H2,57,70)(H,59,60)(H,61,71,72)/t31-,32-,36?,43?/m0/s1. The molecule has 11 rings (SSSR count). The van der Waals surface area contributed by atoms with E-state index < -0.39 is 47.7 Å². The predicted octanol–water partition coefficient (Wildman–Crippen LogP) is 4.13. The van der Waals surface area contributed by atoms with Crippen LogP contribution in [0.1, 0.15) is 107 Å². The summed E-state index contributed by atoms with van der Waals surface area (Å²) >= 11 is 0. The van der Waals surface area contributed by atoms with Gasteiger partial charge in [-0.2, -0.15) is 0 Å². The number of aliphatic hydroxyl groups is 1. The van der Waals surface area contributed by atoms with Crippen molar-refractivity contribution in [3.05, 3.63) is 117 Å². The van der Waals surface area contributed by atoms with E-state index in [4.69, 9.17) is 10.7 Å². The number of pyridine rings is 1. The molecule has 0 spiro atoms. The quantitative estimate of drug-likeness (QED) is 0.108. The van der Waals surface area contributed by atoms with Gasteiger partial charge < -0.3 is 35.1 Å². The Hall–Kier alpha value is -7.97. The van der Waals surface area contributed by atoms with Gasteiger partial charge >= 0.3 is 0 Å². The number of amides is 6. The van der Waals surface area contributed by atoms with Gasteiger partial charge in [0.1, 0.15) is 17.6 Å². The molecule has 5 aromatic rings. The van der Waals surface area contributed by atoms with Crippen LogP contribution in [0, 0.1) is 5.41 Å². The molecule has 3 saturated heterocycles. The molecule has 8 heterocycles. The number of fused-ring (bicyclic) bond motifs is 4. The highest BCUT2D eigenvalue weighted by Gasteiger charge is 2.47. The second kappa shape index (κ2) is 19.3.